The van der Waals surface area contributed by atoms with Crippen LogP contribution in [-0.2, 0) is 6.42 Å². The number of aldehydes is 1. The minimum atomic E-state index is -0.240. The van der Waals surface area contributed by atoms with E-state index >= 15 is 0 Å². The van der Waals surface area contributed by atoms with Gasteiger partial charge in [0.1, 0.15) is 28.7 Å². The van der Waals surface area contributed by atoms with Gasteiger partial charge in [0.2, 0.25) is 0 Å². The number of halogens is 2. The second-order valence-corrected chi connectivity index (χ2v) is 9.04. The molecule has 1 aliphatic heterocycles. The van der Waals surface area contributed by atoms with Crippen LogP contribution < -0.4 is 15.8 Å². The molecule has 5 rings (SSSR count). The Morgan fingerprint density at radius 2 is 1.95 bits per heavy atom. The maximum Gasteiger partial charge on any atom is 0.150 e. The minimum absolute atomic E-state index is 0.240. The molecule has 0 bridgehead atoms. The summed E-state index contributed by atoms with van der Waals surface area (Å²) in [4.78, 5) is 19.2. The Labute approximate surface area is 228 Å². The molecule has 0 fully saturated rings. The quantitative estimate of drug-likeness (QED) is 0.206. The molecule has 3 N–H and O–H groups in total. The average Bonchev–Trinajstić information content (AvgIpc) is 3.32. The molecule has 38 heavy (non-hydrogen) atoms. The Kier molecular flexibility index (Phi) is 10.9. The number of nitrogens with two attached hydrogens (primary N) is 1. The summed E-state index contributed by atoms with van der Waals surface area (Å²) in [5, 5.41) is 5.41. The van der Waals surface area contributed by atoms with Crippen molar-refractivity contribution in [3.8, 4) is 17.0 Å². The Bertz CT molecular complexity index is 1400. The zero-order valence-corrected chi connectivity index (χ0v) is 22.5. The van der Waals surface area contributed by atoms with Gasteiger partial charge in [-0.15, -0.1) is 0 Å². The first-order valence-electron chi connectivity index (χ1n) is 12.3. The molecular formula is C29H31BClFN4O2. The van der Waals surface area contributed by atoms with Gasteiger partial charge in [-0.1, -0.05) is 30.7 Å². The van der Waals surface area contributed by atoms with Gasteiger partial charge in [-0.25, -0.2) is 14.4 Å². The van der Waals surface area contributed by atoms with Crippen molar-refractivity contribution in [2.75, 3.05) is 20.2 Å². The van der Waals surface area contributed by atoms with E-state index < -0.39 is 0 Å². The number of carbonyl (C=O) groups is 1. The zero-order valence-electron chi connectivity index (χ0n) is 21.7. The fraction of sp³-hybridized carbons (Fsp3) is 0.241. The molecule has 1 aliphatic rings. The van der Waals surface area contributed by atoms with Gasteiger partial charge in [0.05, 0.1) is 6.61 Å². The van der Waals surface area contributed by atoms with Crippen LogP contribution in [0.4, 0.5) is 4.39 Å². The summed E-state index contributed by atoms with van der Waals surface area (Å²) in [5.41, 5.74) is 9.46. The second-order valence-electron chi connectivity index (χ2n) is 8.68. The van der Waals surface area contributed by atoms with Gasteiger partial charge in [-0.05, 0) is 54.9 Å². The maximum atomic E-state index is 13.1. The van der Waals surface area contributed by atoms with Gasteiger partial charge >= 0.3 is 25.6 Å². The van der Waals surface area contributed by atoms with Crippen LogP contribution in [-0.4, -0.2) is 49.5 Å². The van der Waals surface area contributed by atoms with Gasteiger partial charge < -0.3 is 10.1 Å². The first-order valence-corrected chi connectivity index (χ1v) is 12.7. The molecule has 1 atom stereocenters. The molecule has 3 heterocycles. The number of fused-ring (bicyclic) bond motifs is 2. The zero-order chi connectivity index (χ0) is 27.5. The van der Waals surface area contributed by atoms with E-state index in [1.165, 1.54) is 23.8 Å². The van der Waals surface area contributed by atoms with Crippen LogP contribution in [0.3, 0.4) is 0 Å². The summed E-state index contributed by atoms with van der Waals surface area (Å²) in [6.07, 6.45) is 4.80. The van der Waals surface area contributed by atoms with E-state index in [2.05, 4.69) is 23.3 Å². The van der Waals surface area contributed by atoms with Crippen molar-refractivity contribution >= 4 is 41.7 Å². The Hall–Kier alpha value is -3.62. The van der Waals surface area contributed by atoms with Crippen LogP contribution in [0.2, 0.25) is 12.0 Å². The van der Waals surface area contributed by atoms with Crippen molar-refractivity contribution in [1.29, 1.82) is 0 Å². The summed E-state index contributed by atoms with van der Waals surface area (Å²) in [7, 11) is 1.93. The average molecular weight is 533 g/mol. The standard InChI is InChI=1S/C17H19FN2O.C10H6ClNO.C2H6BN/c1-11-10-21-17-15(11)9-14(7-8-19-2)20-16(17)12-3-5-13(18)6-4-12;11-10-9-2-1-7(6-13)5-8(9)3-4-12-10;1-3-2-4/h3-6,9,11,19H,7-8,10H2,1-2H3;1-6H;2H,4H2,1H3. The molecule has 1 unspecified atom stereocenters. The number of rotatable bonds is 5. The minimum Gasteiger partial charge on any atom is -0.490 e. The number of aromatic nitrogens is 2. The summed E-state index contributed by atoms with van der Waals surface area (Å²) in [6, 6.07) is 15.7. The van der Waals surface area contributed by atoms with Crippen LogP contribution in [0.25, 0.3) is 22.0 Å². The number of carbonyl (C=O) groups excluding carboxylic acids is 1. The molecule has 0 amide bonds. The number of hydrogen-bond acceptors (Lipinski definition) is 6. The van der Waals surface area contributed by atoms with E-state index in [4.69, 9.17) is 27.1 Å². The molecule has 0 saturated carbocycles. The topological polar surface area (TPSA) is 90.1 Å². The van der Waals surface area contributed by atoms with Gasteiger partial charge in [0, 0.05) is 52.9 Å². The fourth-order valence-electron chi connectivity index (χ4n) is 3.84. The fourth-order valence-corrected chi connectivity index (χ4v) is 4.07. The molecular weight excluding hydrogens is 502 g/mol. The van der Waals surface area contributed by atoms with Gasteiger partial charge in [0.15, 0.2) is 0 Å². The monoisotopic (exact) mass is 532 g/mol. The van der Waals surface area contributed by atoms with Crippen molar-refractivity contribution in [2.45, 2.75) is 26.1 Å². The molecule has 0 radical (unpaired) electrons. The number of pyridine rings is 2. The van der Waals surface area contributed by atoms with Crippen molar-refractivity contribution < 1.29 is 13.9 Å². The molecule has 196 valence electrons. The van der Waals surface area contributed by atoms with Crippen LogP contribution >= 0.6 is 11.6 Å². The van der Waals surface area contributed by atoms with Crippen LogP contribution in [0.5, 0.6) is 5.75 Å². The van der Waals surface area contributed by atoms with Crippen molar-refractivity contribution in [3.05, 3.63) is 88.6 Å². The number of ether oxygens (including phenoxy) is 1. The molecule has 2 aromatic heterocycles. The summed E-state index contributed by atoms with van der Waals surface area (Å²) in [5.74, 6) is 0.980. The van der Waals surface area contributed by atoms with Crippen molar-refractivity contribution in [3.63, 3.8) is 0 Å². The molecule has 9 heteroatoms. The maximum absolute atomic E-state index is 13.1. The summed E-state index contributed by atoms with van der Waals surface area (Å²) < 4.78 is 18.9. The summed E-state index contributed by atoms with van der Waals surface area (Å²) in [6.45, 7) is 7.37. The first-order chi connectivity index (χ1) is 18.4. The number of benzene rings is 2. The number of likely N-dealkylation sites (N-methyl/N-ethyl adjacent to an activating group) is 1. The third-order valence-corrected chi connectivity index (χ3v) is 6.18. The number of nitrogens with zero attached hydrogens (tertiary/aromatic N) is 2. The van der Waals surface area contributed by atoms with Crippen molar-refractivity contribution in [1.82, 2.24) is 15.3 Å². The Balaban J connectivity index is 0.000000200. The number of nitrogens with one attached hydrogen (secondary N) is 1. The van der Waals surface area contributed by atoms with E-state index in [1.807, 2.05) is 19.9 Å². The normalized spacial score (nSPS) is 13.4. The SMILES string of the molecule is CB=CN.CNCCc1cc2c(c(-c3ccc(F)cc3)n1)OCC2C.O=Cc1ccc2c(Cl)nccc2c1. The Morgan fingerprint density at radius 3 is 2.61 bits per heavy atom. The molecule has 0 saturated heterocycles. The Morgan fingerprint density at radius 1 is 1.21 bits per heavy atom. The predicted molar refractivity (Wildman–Crippen MR) is 155 cm³/mol. The molecule has 2 aromatic carbocycles. The number of hydrogen-bond donors (Lipinski definition) is 2. The van der Waals surface area contributed by atoms with Crippen LogP contribution in [0.1, 0.15) is 34.5 Å². The molecule has 4 aromatic rings. The van der Waals surface area contributed by atoms with Gasteiger partial charge in [-0.2, -0.15) is 0 Å². The van der Waals surface area contributed by atoms with Crippen molar-refractivity contribution in [2.24, 2.45) is 5.73 Å². The molecule has 6 nitrogen and oxygen atoms in total. The largest absolute Gasteiger partial charge is 0.490 e. The first kappa shape index (κ1) is 28.9. The third kappa shape index (κ3) is 7.46. The molecule has 0 spiro atoms. The predicted octanol–water partition coefficient (Wildman–Crippen LogP) is 5.30. The smallest absolute Gasteiger partial charge is 0.150 e. The van der Waals surface area contributed by atoms with E-state index in [-0.39, 0.29) is 5.82 Å². The van der Waals surface area contributed by atoms with Gasteiger partial charge in [-0.3, -0.25) is 4.79 Å². The third-order valence-electron chi connectivity index (χ3n) is 5.88. The van der Waals surface area contributed by atoms with E-state index in [0.29, 0.717) is 23.2 Å². The van der Waals surface area contributed by atoms with E-state index in [9.17, 15) is 9.18 Å². The van der Waals surface area contributed by atoms with E-state index in [0.717, 1.165) is 52.7 Å². The molecule has 0 aliphatic carbocycles. The second kappa shape index (κ2) is 14.4. The summed E-state index contributed by atoms with van der Waals surface area (Å²) >= 11 is 5.85. The van der Waals surface area contributed by atoms with E-state index in [1.54, 1.807) is 43.4 Å². The van der Waals surface area contributed by atoms with Crippen LogP contribution in [0, 0.1) is 5.82 Å². The van der Waals surface area contributed by atoms with Gasteiger partial charge in [0.25, 0.3) is 0 Å². The van der Waals surface area contributed by atoms with Crippen LogP contribution in [0.15, 0.2) is 60.8 Å².